The van der Waals surface area contributed by atoms with Crippen LogP contribution in [0.3, 0.4) is 0 Å². The molecule has 0 unspecified atom stereocenters. The molecule has 0 radical (unpaired) electrons. The summed E-state index contributed by atoms with van der Waals surface area (Å²) in [6, 6.07) is 0. The van der Waals surface area contributed by atoms with Crippen LogP contribution in [0, 0.1) is 5.41 Å². The fraction of sp³-hybridized carbons (Fsp3) is 0.833. The van der Waals surface area contributed by atoms with Crippen LogP contribution in [0.15, 0.2) is 0 Å². The molecule has 98 valence electrons. The monoisotopic (exact) mass is 260 g/mol. The molecule has 17 heavy (non-hydrogen) atoms. The van der Waals surface area contributed by atoms with E-state index in [2.05, 4.69) is 9.78 Å². The zero-order chi connectivity index (χ0) is 12.7. The van der Waals surface area contributed by atoms with E-state index >= 15 is 0 Å². The van der Waals surface area contributed by atoms with Crippen LogP contribution in [0.1, 0.15) is 52.4 Å². The lowest BCUT2D eigenvalue weighted by atomic mass is 9.72. The first-order valence-corrected chi connectivity index (χ1v) is 7.19. The van der Waals surface area contributed by atoms with Crippen molar-refractivity contribution in [3.05, 3.63) is 0 Å². The minimum atomic E-state index is -0.553. The molecule has 0 aliphatic heterocycles. The number of carbonyl (C=O) groups excluding carboxylic acids is 2. The van der Waals surface area contributed by atoms with Crippen molar-refractivity contribution in [3.63, 3.8) is 0 Å². The summed E-state index contributed by atoms with van der Waals surface area (Å²) < 4.78 is 0. The minimum Gasteiger partial charge on any atom is -0.247 e. The Hall–Kier alpha value is -0.710. The van der Waals surface area contributed by atoms with Crippen molar-refractivity contribution >= 4 is 23.0 Å². The van der Waals surface area contributed by atoms with Gasteiger partial charge in [-0.2, -0.15) is 0 Å². The van der Waals surface area contributed by atoms with E-state index in [1.54, 1.807) is 0 Å². The molecular weight excluding hydrogens is 240 g/mol. The predicted molar refractivity (Wildman–Crippen MR) is 66.5 cm³/mol. The summed E-state index contributed by atoms with van der Waals surface area (Å²) in [6.45, 7) is 3.82. The molecule has 0 amide bonds. The highest BCUT2D eigenvalue weighted by Crippen LogP contribution is 2.40. The van der Waals surface area contributed by atoms with Gasteiger partial charge in [-0.05, 0) is 31.0 Å². The van der Waals surface area contributed by atoms with Crippen molar-refractivity contribution in [1.29, 1.82) is 0 Å². The summed E-state index contributed by atoms with van der Waals surface area (Å²) in [5.74, 6) is 0.222. The third-order valence-electron chi connectivity index (χ3n) is 3.37. The fourth-order valence-electron chi connectivity index (χ4n) is 2.23. The van der Waals surface area contributed by atoms with Gasteiger partial charge in [-0.15, -0.1) is 0 Å². The van der Waals surface area contributed by atoms with Crippen molar-refractivity contribution in [1.82, 2.24) is 0 Å². The largest absolute Gasteiger partial charge is 0.413 e. The van der Waals surface area contributed by atoms with E-state index < -0.39 is 10.7 Å². The SMILES string of the molecule is CCSC(=O)OOC(=O)C1(CC)CCCCC1. The average molecular weight is 260 g/mol. The molecule has 0 aromatic rings. The van der Waals surface area contributed by atoms with E-state index in [-0.39, 0.29) is 5.97 Å². The Morgan fingerprint density at radius 1 is 1.12 bits per heavy atom. The van der Waals surface area contributed by atoms with E-state index in [4.69, 9.17) is 0 Å². The van der Waals surface area contributed by atoms with Gasteiger partial charge in [-0.1, -0.05) is 33.1 Å². The number of hydrogen-bond acceptors (Lipinski definition) is 5. The van der Waals surface area contributed by atoms with E-state index in [0.29, 0.717) is 5.75 Å². The highest BCUT2D eigenvalue weighted by molar-refractivity contribution is 8.13. The maximum atomic E-state index is 12.0. The fourth-order valence-corrected chi connectivity index (χ4v) is 2.55. The van der Waals surface area contributed by atoms with Crippen molar-refractivity contribution in [2.45, 2.75) is 52.4 Å². The Balaban J connectivity index is 2.46. The summed E-state index contributed by atoms with van der Waals surface area (Å²) in [5, 5.41) is -0.553. The van der Waals surface area contributed by atoms with Crippen LogP contribution in [0.25, 0.3) is 0 Å². The highest BCUT2D eigenvalue weighted by atomic mass is 32.2. The average Bonchev–Trinajstić information content (AvgIpc) is 2.37. The van der Waals surface area contributed by atoms with Crippen LogP contribution in [-0.2, 0) is 14.6 Å². The van der Waals surface area contributed by atoms with Crippen molar-refractivity contribution < 1.29 is 19.4 Å². The predicted octanol–water partition coefficient (Wildman–Crippen LogP) is 3.69. The summed E-state index contributed by atoms with van der Waals surface area (Å²) in [7, 11) is 0. The van der Waals surface area contributed by atoms with E-state index in [9.17, 15) is 9.59 Å². The second-order valence-electron chi connectivity index (χ2n) is 4.33. The van der Waals surface area contributed by atoms with Gasteiger partial charge in [0.25, 0.3) is 0 Å². The highest BCUT2D eigenvalue weighted by Gasteiger charge is 2.40. The summed E-state index contributed by atoms with van der Waals surface area (Å²) in [6.07, 6.45) is 5.66. The van der Waals surface area contributed by atoms with Gasteiger partial charge in [0, 0.05) is 5.75 Å². The first kappa shape index (κ1) is 14.4. The van der Waals surface area contributed by atoms with Gasteiger partial charge in [0.1, 0.15) is 0 Å². The van der Waals surface area contributed by atoms with Crippen molar-refractivity contribution in [3.8, 4) is 0 Å². The third-order valence-corrected chi connectivity index (χ3v) is 3.96. The van der Waals surface area contributed by atoms with E-state index in [0.717, 1.165) is 43.9 Å². The summed E-state index contributed by atoms with van der Waals surface area (Å²) in [4.78, 5) is 32.2. The summed E-state index contributed by atoms with van der Waals surface area (Å²) >= 11 is 0.988. The van der Waals surface area contributed by atoms with Crippen LogP contribution in [0.4, 0.5) is 4.79 Å². The lowest BCUT2D eigenvalue weighted by Crippen LogP contribution is -2.34. The standard InChI is InChI=1S/C12H20O4S/c1-3-12(8-6-5-7-9-12)10(13)15-16-11(14)17-4-2/h3-9H2,1-2H3. The first-order valence-electron chi connectivity index (χ1n) is 6.20. The molecule has 1 rings (SSSR count). The first-order chi connectivity index (χ1) is 8.14. The Morgan fingerprint density at radius 2 is 1.76 bits per heavy atom. The van der Waals surface area contributed by atoms with Crippen molar-refractivity contribution in [2.24, 2.45) is 5.41 Å². The summed E-state index contributed by atoms with van der Waals surface area (Å²) in [5.41, 5.74) is -0.435. The maximum Gasteiger partial charge on any atom is 0.413 e. The molecule has 0 spiro atoms. The molecule has 4 nitrogen and oxygen atoms in total. The lowest BCUT2D eigenvalue weighted by Gasteiger charge is -2.32. The molecule has 0 saturated heterocycles. The third kappa shape index (κ3) is 3.91. The van der Waals surface area contributed by atoms with Gasteiger partial charge in [0.2, 0.25) is 0 Å². The Kier molecular flexibility index (Phi) is 5.82. The molecule has 0 N–H and O–H groups in total. The molecule has 0 bridgehead atoms. The molecule has 1 aliphatic rings. The van der Waals surface area contributed by atoms with E-state index in [1.165, 1.54) is 6.42 Å². The van der Waals surface area contributed by atoms with E-state index in [1.807, 2.05) is 13.8 Å². The van der Waals surface area contributed by atoms with Crippen LogP contribution in [0.2, 0.25) is 0 Å². The topological polar surface area (TPSA) is 52.6 Å². The van der Waals surface area contributed by atoms with Gasteiger partial charge in [-0.3, -0.25) is 0 Å². The lowest BCUT2D eigenvalue weighted by molar-refractivity contribution is -0.240. The maximum absolute atomic E-state index is 12.0. The quantitative estimate of drug-likeness (QED) is 0.572. The zero-order valence-electron chi connectivity index (χ0n) is 10.5. The Morgan fingerprint density at radius 3 is 2.29 bits per heavy atom. The van der Waals surface area contributed by atoms with Gasteiger partial charge >= 0.3 is 11.3 Å². The van der Waals surface area contributed by atoms with Crippen LogP contribution in [0.5, 0.6) is 0 Å². The molecular formula is C12H20O4S. The Bertz CT molecular complexity index is 272. The van der Waals surface area contributed by atoms with Gasteiger partial charge in [0.05, 0.1) is 5.41 Å². The smallest absolute Gasteiger partial charge is 0.247 e. The minimum absolute atomic E-state index is 0.384. The molecule has 1 saturated carbocycles. The van der Waals surface area contributed by atoms with Gasteiger partial charge in [-0.25, -0.2) is 19.4 Å². The number of carbonyl (C=O) groups is 2. The molecule has 0 aromatic carbocycles. The van der Waals surface area contributed by atoms with Crippen LogP contribution in [-0.4, -0.2) is 17.0 Å². The molecule has 5 heteroatoms. The number of rotatable bonds is 3. The number of hydrogen-bond donors (Lipinski definition) is 0. The van der Waals surface area contributed by atoms with Crippen LogP contribution >= 0.6 is 11.8 Å². The zero-order valence-corrected chi connectivity index (χ0v) is 11.3. The normalized spacial score (nSPS) is 18.5. The van der Waals surface area contributed by atoms with Crippen molar-refractivity contribution in [2.75, 3.05) is 5.75 Å². The molecule has 0 aromatic heterocycles. The van der Waals surface area contributed by atoms with Crippen LogP contribution < -0.4 is 0 Å². The van der Waals surface area contributed by atoms with Gasteiger partial charge < -0.3 is 0 Å². The molecule has 0 atom stereocenters. The second kappa shape index (κ2) is 6.89. The number of thioether (sulfide) groups is 1. The second-order valence-corrected chi connectivity index (χ2v) is 5.53. The molecule has 1 aliphatic carbocycles. The molecule has 1 fully saturated rings. The molecule has 0 heterocycles. The van der Waals surface area contributed by atoms with Gasteiger partial charge in [0.15, 0.2) is 0 Å². The Labute approximate surface area is 106 Å².